The van der Waals surface area contributed by atoms with Gasteiger partial charge < -0.3 is 0 Å². The van der Waals surface area contributed by atoms with Gasteiger partial charge in [0.2, 0.25) is 0 Å². The Bertz CT molecular complexity index is 895. The third-order valence-electron chi connectivity index (χ3n) is 3.46. The molecule has 0 aliphatic heterocycles. The van der Waals surface area contributed by atoms with Gasteiger partial charge in [-0.25, -0.2) is 5.84 Å². The number of amides is 1. The first-order chi connectivity index (χ1) is 12.3. The molecule has 2 aromatic rings. The van der Waals surface area contributed by atoms with E-state index < -0.39 is 10.8 Å². The summed E-state index contributed by atoms with van der Waals surface area (Å²) in [6.07, 6.45) is 1.19. The molecule has 0 saturated carbocycles. The van der Waals surface area contributed by atoms with E-state index >= 15 is 0 Å². The Balaban J connectivity index is 2.29. The molecule has 1 amide bonds. The second kappa shape index (κ2) is 8.57. The molecule has 0 atom stereocenters. The lowest BCUT2D eigenvalue weighted by atomic mass is 10.0. The summed E-state index contributed by atoms with van der Waals surface area (Å²) in [5.41, 5.74) is 2.79. The van der Waals surface area contributed by atoms with E-state index in [9.17, 15) is 19.7 Å². The summed E-state index contributed by atoms with van der Waals surface area (Å²) in [6, 6.07) is 9.92. The van der Waals surface area contributed by atoms with E-state index in [1.807, 2.05) is 5.43 Å². The minimum Gasteiger partial charge on any atom is -0.294 e. The Morgan fingerprint density at radius 1 is 1.12 bits per heavy atom. The number of benzene rings is 2. The molecule has 0 fully saturated rings. The van der Waals surface area contributed by atoms with Crippen molar-refractivity contribution < 1.29 is 14.5 Å². The van der Waals surface area contributed by atoms with Gasteiger partial charge in [-0.1, -0.05) is 23.2 Å². The van der Waals surface area contributed by atoms with Crippen LogP contribution in [0.4, 0.5) is 5.69 Å². The average Bonchev–Trinajstić information content (AvgIpc) is 2.63. The summed E-state index contributed by atoms with van der Waals surface area (Å²) in [6.45, 7) is 0. The number of Topliss-reactive ketones (excluding diaryl/α,β-unsaturated/α-hetero) is 1. The van der Waals surface area contributed by atoms with Gasteiger partial charge in [0.15, 0.2) is 5.78 Å². The van der Waals surface area contributed by atoms with Crippen LogP contribution in [0.25, 0.3) is 6.08 Å². The van der Waals surface area contributed by atoms with Crippen molar-refractivity contribution in [3.63, 3.8) is 0 Å². The molecule has 0 aromatic heterocycles. The molecule has 0 bridgehead atoms. The van der Waals surface area contributed by atoms with Crippen LogP contribution < -0.4 is 11.3 Å². The number of halogens is 2. The molecular formula is C17H13Cl2N3O4. The lowest BCUT2D eigenvalue weighted by Gasteiger charge is -2.07. The van der Waals surface area contributed by atoms with E-state index in [0.29, 0.717) is 16.1 Å². The number of ketones is 1. The molecular weight excluding hydrogens is 381 g/mol. The maximum absolute atomic E-state index is 12.4. The highest BCUT2D eigenvalue weighted by Crippen LogP contribution is 2.24. The zero-order valence-corrected chi connectivity index (χ0v) is 14.8. The SMILES string of the molecule is NNC(=O)/C(=C\c1ccc([N+](=O)[O-])cc1)CC(=O)c1ccc(Cl)c(Cl)c1. The van der Waals surface area contributed by atoms with Gasteiger partial charge in [-0.15, -0.1) is 0 Å². The topological polar surface area (TPSA) is 115 Å². The molecule has 3 N–H and O–H groups in total. The highest BCUT2D eigenvalue weighted by atomic mass is 35.5. The Hall–Kier alpha value is -2.74. The smallest absolute Gasteiger partial charge is 0.269 e. The first-order valence-electron chi connectivity index (χ1n) is 7.26. The van der Waals surface area contributed by atoms with E-state index in [2.05, 4.69) is 0 Å². The number of nitrogens with two attached hydrogens (primary N) is 1. The van der Waals surface area contributed by atoms with Crippen LogP contribution in [0.5, 0.6) is 0 Å². The summed E-state index contributed by atoms with van der Waals surface area (Å²) >= 11 is 11.7. The zero-order valence-electron chi connectivity index (χ0n) is 13.2. The van der Waals surface area contributed by atoms with Crippen molar-refractivity contribution in [3.05, 3.63) is 79.3 Å². The van der Waals surface area contributed by atoms with E-state index in [1.54, 1.807) is 0 Å². The normalized spacial score (nSPS) is 11.1. The van der Waals surface area contributed by atoms with Crippen molar-refractivity contribution in [2.24, 2.45) is 5.84 Å². The number of nitrogens with zero attached hydrogens (tertiary/aromatic N) is 1. The number of carbonyl (C=O) groups is 2. The molecule has 0 unspecified atom stereocenters. The summed E-state index contributed by atoms with van der Waals surface area (Å²) < 4.78 is 0. The van der Waals surface area contributed by atoms with E-state index in [1.165, 1.54) is 48.5 Å². The van der Waals surface area contributed by atoms with Crippen molar-refractivity contribution in [2.75, 3.05) is 0 Å². The van der Waals surface area contributed by atoms with Crippen LogP contribution >= 0.6 is 23.2 Å². The maximum atomic E-state index is 12.4. The van der Waals surface area contributed by atoms with Crippen LogP contribution in [-0.4, -0.2) is 16.6 Å². The van der Waals surface area contributed by atoms with Crippen molar-refractivity contribution in [3.8, 4) is 0 Å². The fourth-order valence-electron chi connectivity index (χ4n) is 2.13. The number of carbonyl (C=O) groups excluding carboxylic acids is 2. The molecule has 2 aromatic carbocycles. The number of nitrogens with one attached hydrogen (secondary N) is 1. The molecule has 0 radical (unpaired) electrons. The van der Waals surface area contributed by atoms with Gasteiger partial charge >= 0.3 is 0 Å². The molecule has 134 valence electrons. The van der Waals surface area contributed by atoms with Crippen molar-refractivity contribution in [1.29, 1.82) is 0 Å². The number of nitro groups is 1. The first-order valence-corrected chi connectivity index (χ1v) is 8.01. The van der Waals surface area contributed by atoms with Gasteiger partial charge in [-0.3, -0.25) is 25.1 Å². The number of nitro benzene ring substituents is 1. The predicted octanol–water partition coefficient (Wildman–Crippen LogP) is 3.55. The third kappa shape index (κ3) is 4.89. The van der Waals surface area contributed by atoms with E-state index in [-0.39, 0.29) is 28.5 Å². The van der Waals surface area contributed by atoms with Gasteiger partial charge in [0.1, 0.15) is 0 Å². The maximum Gasteiger partial charge on any atom is 0.269 e. The Labute approximate surface area is 158 Å². The fraction of sp³-hybridized carbons (Fsp3) is 0.0588. The molecule has 2 rings (SSSR count). The zero-order chi connectivity index (χ0) is 19.3. The van der Waals surface area contributed by atoms with Gasteiger partial charge in [0.05, 0.1) is 15.0 Å². The highest BCUT2D eigenvalue weighted by Gasteiger charge is 2.16. The Morgan fingerprint density at radius 2 is 1.77 bits per heavy atom. The van der Waals surface area contributed by atoms with E-state index in [4.69, 9.17) is 29.0 Å². The van der Waals surface area contributed by atoms with Gasteiger partial charge in [-0.2, -0.15) is 0 Å². The van der Waals surface area contributed by atoms with Crippen molar-refractivity contribution in [2.45, 2.75) is 6.42 Å². The molecule has 26 heavy (non-hydrogen) atoms. The molecule has 0 aliphatic carbocycles. The van der Waals surface area contributed by atoms with Crippen LogP contribution in [-0.2, 0) is 4.79 Å². The predicted molar refractivity (Wildman–Crippen MR) is 98.8 cm³/mol. The average molecular weight is 394 g/mol. The monoisotopic (exact) mass is 393 g/mol. The van der Waals surface area contributed by atoms with Gasteiger partial charge in [0, 0.05) is 29.7 Å². The summed E-state index contributed by atoms with van der Waals surface area (Å²) in [5.74, 6) is 4.17. The fourth-order valence-corrected chi connectivity index (χ4v) is 2.43. The highest BCUT2D eigenvalue weighted by molar-refractivity contribution is 6.42. The van der Waals surface area contributed by atoms with Crippen molar-refractivity contribution >= 4 is 46.7 Å². The van der Waals surface area contributed by atoms with E-state index in [0.717, 1.165) is 0 Å². The van der Waals surface area contributed by atoms with Crippen molar-refractivity contribution in [1.82, 2.24) is 5.43 Å². The van der Waals surface area contributed by atoms with Crippen LogP contribution in [0.3, 0.4) is 0 Å². The second-order valence-electron chi connectivity index (χ2n) is 5.22. The van der Waals surface area contributed by atoms with Crippen LogP contribution in [0.2, 0.25) is 10.0 Å². The number of hydrogen-bond acceptors (Lipinski definition) is 5. The van der Waals surface area contributed by atoms with Crippen LogP contribution in [0, 0.1) is 10.1 Å². The minimum atomic E-state index is -0.642. The molecule has 0 heterocycles. The standard InChI is InChI=1S/C17H13Cl2N3O4/c18-14-6-3-11(8-15(14)19)16(23)9-12(17(24)21-20)7-10-1-4-13(5-2-10)22(25)26/h1-8H,9,20H2,(H,21,24)/b12-7-. The molecule has 0 spiro atoms. The minimum absolute atomic E-state index is 0.0844. The molecule has 0 saturated heterocycles. The Morgan fingerprint density at radius 3 is 2.31 bits per heavy atom. The lowest BCUT2D eigenvalue weighted by molar-refractivity contribution is -0.384. The third-order valence-corrected chi connectivity index (χ3v) is 4.20. The number of non-ortho nitro benzene ring substituents is 1. The molecule has 9 heteroatoms. The summed E-state index contributed by atoms with van der Waals surface area (Å²) in [4.78, 5) is 34.5. The second-order valence-corrected chi connectivity index (χ2v) is 6.03. The number of rotatable bonds is 6. The lowest BCUT2D eigenvalue weighted by Crippen LogP contribution is -2.32. The quantitative estimate of drug-likeness (QED) is 0.194. The van der Waals surface area contributed by atoms with Gasteiger partial charge in [0.25, 0.3) is 11.6 Å². The first kappa shape index (κ1) is 19.6. The van der Waals surface area contributed by atoms with Crippen LogP contribution in [0.1, 0.15) is 22.3 Å². The summed E-state index contributed by atoms with van der Waals surface area (Å²) in [5, 5.41) is 11.2. The number of hydrazine groups is 1. The molecule has 7 nitrogen and oxygen atoms in total. The Kier molecular flexibility index (Phi) is 6.46. The summed E-state index contributed by atoms with van der Waals surface area (Å²) in [7, 11) is 0. The largest absolute Gasteiger partial charge is 0.294 e. The number of hydrogen-bond donors (Lipinski definition) is 2. The molecule has 0 aliphatic rings. The van der Waals surface area contributed by atoms with Gasteiger partial charge in [-0.05, 0) is 42.0 Å². The van der Waals surface area contributed by atoms with Crippen LogP contribution in [0.15, 0.2) is 48.0 Å².